The van der Waals surface area contributed by atoms with E-state index in [4.69, 9.17) is 5.26 Å². The van der Waals surface area contributed by atoms with Gasteiger partial charge in [-0.25, -0.2) is 4.98 Å². The number of thioether (sulfide) groups is 1. The zero-order valence-electron chi connectivity index (χ0n) is 13.1. The van der Waals surface area contributed by atoms with Gasteiger partial charge in [-0.05, 0) is 37.0 Å². The Hall–Kier alpha value is -1.65. The zero-order valence-corrected chi connectivity index (χ0v) is 14.0. The Morgan fingerprint density at radius 3 is 3.00 bits per heavy atom. The van der Waals surface area contributed by atoms with Crippen molar-refractivity contribution in [1.29, 1.82) is 5.26 Å². The molecule has 0 saturated carbocycles. The fourth-order valence-electron chi connectivity index (χ4n) is 3.06. The van der Waals surface area contributed by atoms with Crippen LogP contribution in [0, 0.1) is 27.4 Å². The van der Waals surface area contributed by atoms with E-state index in [1.165, 1.54) is 6.07 Å². The maximum Gasteiger partial charge on any atom is 0.305 e. The second-order valence-electron chi connectivity index (χ2n) is 5.93. The van der Waals surface area contributed by atoms with Crippen LogP contribution in [0.4, 0.5) is 5.69 Å². The molecule has 124 valence electrons. The van der Waals surface area contributed by atoms with E-state index in [-0.39, 0.29) is 29.2 Å². The first-order valence-corrected chi connectivity index (χ1v) is 8.89. The molecule has 1 N–H and O–H groups in total. The summed E-state index contributed by atoms with van der Waals surface area (Å²) < 4.78 is 0. The van der Waals surface area contributed by atoms with Gasteiger partial charge in [-0.2, -0.15) is 17.0 Å². The van der Waals surface area contributed by atoms with Crippen molar-refractivity contribution in [2.45, 2.75) is 43.8 Å². The van der Waals surface area contributed by atoms with Gasteiger partial charge in [0, 0.05) is 22.9 Å². The van der Waals surface area contributed by atoms with Crippen LogP contribution in [0.2, 0.25) is 0 Å². The van der Waals surface area contributed by atoms with E-state index in [0.29, 0.717) is 5.92 Å². The summed E-state index contributed by atoms with van der Waals surface area (Å²) in [6.07, 6.45) is 4.24. The fraction of sp³-hybridized carbons (Fsp3) is 0.625. The second-order valence-corrected chi connectivity index (χ2v) is 7.34. The van der Waals surface area contributed by atoms with Crippen molar-refractivity contribution in [2.24, 2.45) is 5.92 Å². The van der Waals surface area contributed by atoms with Crippen LogP contribution < -0.4 is 0 Å². The summed E-state index contributed by atoms with van der Waals surface area (Å²) in [6.45, 7) is 2.23. The lowest BCUT2D eigenvalue weighted by atomic mass is 9.83. The molecule has 1 aromatic rings. The number of hydrogen-bond donors (Lipinski definition) is 1. The molecule has 0 spiro atoms. The Morgan fingerprint density at radius 2 is 2.35 bits per heavy atom. The molecule has 1 saturated heterocycles. The summed E-state index contributed by atoms with van der Waals surface area (Å²) >= 11 is 1.82. The van der Waals surface area contributed by atoms with Gasteiger partial charge < -0.3 is 5.11 Å². The van der Waals surface area contributed by atoms with Crippen LogP contribution in [0.5, 0.6) is 0 Å². The highest BCUT2D eigenvalue weighted by Crippen LogP contribution is 2.36. The second kappa shape index (κ2) is 8.27. The molecule has 3 atom stereocenters. The molecule has 0 amide bonds. The van der Waals surface area contributed by atoms with Gasteiger partial charge in [-0.1, -0.05) is 13.3 Å². The minimum atomic E-state index is -0.575. The minimum absolute atomic E-state index is 0.107. The molecule has 0 radical (unpaired) electrons. The van der Waals surface area contributed by atoms with E-state index in [1.807, 2.05) is 17.8 Å². The summed E-state index contributed by atoms with van der Waals surface area (Å²) in [7, 11) is 0. The predicted molar refractivity (Wildman–Crippen MR) is 89.3 cm³/mol. The summed E-state index contributed by atoms with van der Waals surface area (Å²) in [5.41, 5.74) is 0.350. The highest BCUT2D eigenvalue weighted by molar-refractivity contribution is 7.99. The third kappa shape index (κ3) is 4.43. The van der Waals surface area contributed by atoms with Crippen molar-refractivity contribution >= 4 is 17.4 Å². The van der Waals surface area contributed by atoms with E-state index < -0.39 is 4.92 Å². The Labute approximate surface area is 140 Å². The van der Waals surface area contributed by atoms with Gasteiger partial charge in [0.2, 0.25) is 5.69 Å². The quantitative estimate of drug-likeness (QED) is 0.669. The topological polar surface area (TPSA) is 100 Å². The number of nitrogens with zero attached hydrogens (tertiary/aromatic N) is 3. The van der Waals surface area contributed by atoms with Crippen molar-refractivity contribution in [3.05, 3.63) is 33.6 Å². The van der Waals surface area contributed by atoms with E-state index >= 15 is 0 Å². The van der Waals surface area contributed by atoms with E-state index in [0.717, 1.165) is 37.1 Å². The van der Waals surface area contributed by atoms with Gasteiger partial charge in [0.1, 0.15) is 6.07 Å². The number of nitriles is 1. The molecular weight excluding hydrogens is 314 g/mol. The van der Waals surface area contributed by atoms with Gasteiger partial charge in [-0.15, -0.1) is 0 Å². The maximum absolute atomic E-state index is 10.9. The van der Waals surface area contributed by atoms with Crippen molar-refractivity contribution in [3.63, 3.8) is 0 Å². The molecule has 6 nitrogen and oxygen atoms in total. The SMILES string of the molecule is CC(c1ccc([N+](=O)[O-])c(C#N)n1)C1CCCCSC(CO)C1. The Balaban J connectivity index is 2.22. The van der Waals surface area contributed by atoms with Crippen LogP contribution >= 0.6 is 11.8 Å². The van der Waals surface area contributed by atoms with Crippen molar-refractivity contribution in [3.8, 4) is 6.07 Å². The summed E-state index contributed by atoms with van der Waals surface area (Å²) in [5.74, 6) is 1.55. The lowest BCUT2D eigenvalue weighted by Gasteiger charge is -2.29. The monoisotopic (exact) mass is 335 g/mol. The van der Waals surface area contributed by atoms with E-state index in [2.05, 4.69) is 11.9 Å². The average Bonchev–Trinajstić information content (AvgIpc) is 2.53. The molecule has 23 heavy (non-hydrogen) atoms. The highest BCUT2D eigenvalue weighted by Gasteiger charge is 2.27. The molecule has 7 heteroatoms. The number of aliphatic hydroxyl groups is 1. The molecule has 0 aliphatic carbocycles. The Morgan fingerprint density at radius 1 is 1.57 bits per heavy atom. The average molecular weight is 335 g/mol. The first-order valence-electron chi connectivity index (χ1n) is 7.84. The third-order valence-corrected chi connectivity index (χ3v) is 5.80. The van der Waals surface area contributed by atoms with Gasteiger partial charge in [0.05, 0.1) is 11.5 Å². The van der Waals surface area contributed by atoms with Gasteiger partial charge in [0.15, 0.2) is 0 Å². The number of pyridine rings is 1. The van der Waals surface area contributed by atoms with Crippen LogP contribution in [0.25, 0.3) is 0 Å². The van der Waals surface area contributed by atoms with Crippen LogP contribution in [0.3, 0.4) is 0 Å². The molecule has 2 heterocycles. The minimum Gasteiger partial charge on any atom is -0.395 e. The third-order valence-electron chi connectivity index (χ3n) is 4.46. The number of aliphatic hydroxyl groups excluding tert-OH is 1. The van der Waals surface area contributed by atoms with E-state index in [1.54, 1.807) is 6.07 Å². The predicted octanol–water partition coefficient (Wildman–Crippen LogP) is 3.25. The van der Waals surface area contributed by atoms with Gasteiger partial charge in [-0.3, -0.25) is 10.1 Å². The zero-order chi connectivity index (χ0) is 16.8. The summed E-state index contributed by atoms with van der Waals surface area (Å²) in [4.78, 5) is 14.6. The Kier molecular flexibility index (Phi) is 6.37. The van der Waals surface area contributed by atoms with Crippen molar-refractivity contribution in [2.75, 3.05) is 12.4 Å². The largest absolute Gasteiger partial charge is 0.395 e. The first kappa shape index (κ1) is 17.7. The normalized spacial score (nSPS) is 23.3. The summed E-state index contributed by atoms with van der Waals surface area (Å²) in [5, 5.41) is 29.7. The first-order chi connectivity index (χ1) is 11.1. The molecule has 1 fully saturated rings. The lowest BCUT2D eigenvalue weighted by molar-refractivity contribution is -0.385. The van der Waals surface area contributed by atoms with Crippen molar-refractivity contribution < 1.29 is 10.0 Å². The number of nitro groups is 1. The van der Waals surface area contributed by atoms with Crippen LogP contribution in [-0.4, -0.2) is 32.6 Å². The molecule has 1 aliphatic rings. The fourth-order valence-corrected chi connectivity index (χ4v) is 4.25. The number of hydrogen-bond acceptors (Lipinski definition) is 6. The molecule has 1 aromatic heterocycles. The van der Waals surface area contributed by atoms with Crippen LogP contribution in [0.15, 0.2) is 12.1 Å². The molecule has 2 rings (SSSR count). The van der Waals surface area contributed by atoms with Crippen LogP contribution in [0.1, 0.15) is 49.9 Å². The van der Waals surface area contributed by atoms with Crippen LogP contribution in [-0.2, 0) is 0 Å². The molecule has 3 unspecified atom stereocenters. The van der Waals surface area contributed by atoms with E-state index in [9.17, 15) is 15.2 Å². The molecule has 0 bridgehead atoms. The van der Waals surface area contributed by atoms with Gasteiger partial charge >= 0.3 is 5.69 Å². The highest BCUT2D eigenvalue weighted by atomic mass is 32.2. The lowest BCUT2D eigenvalue weighted by Crippen LogP contribution is -2.22. The van der Waals surface area contributed by atoms with Gasteiger partial charge in [0.25, 0.3) is 0 Å². The standard InChI is InChI=1S/C16H21N3O3S/c1-11(12-4-2-3-7-23-13(8-12)10-20)14-5-6-16(19(21)22)15(9-17)18-14/h5-6,11-13,20H,2-4,7-8,10H2,1H3. The molecular formula is C16H21N3O3S. The number of rotatable bonds is 4. The van der Waals surface area contributed by atoms with Crippen molar-refractivity contribution in [1.82, 2.24) is 4.98 Å². The molecule has 1 aliphatic heterocycles. The maximum atomic E-state index is 10.9. The summed E-state index contributed by atoms with van der Waals surface area (Å²) in [6, 6.07) is 4.85. The molecule has 0 aromatic carbocycles. The Bertz CT molecular complexity index is 603. The smallest absolute Gasteiger partial charge is 0.305 e. The number of aromatic nitrogens is 1.